The normalized spacial score (nSPS) is 20.1. The van der Waals surface area contributed by atoms with Gasteiger partial charge in [-0.15, -0.1) is 0 Å². The largest absolute Gasteiger partial charge is 0.495 e. The van der Waals surface area contributed by atoms with Crippen LogP contribution >= 0.6 is 15.9 Å². The predicted molar refractivity (Wildman–Crippen MR) is 81.4 cm³/mol. The van der Waals surface area contributed by atoms with Crippen molar-refractivity contribution >= 4 is 34.2 Å². The van der Waals surface area contributed by atoms with E-state index in [1.807, 2.05) is 27.7 Å². The summed E-state index contributed by atoms with van der Waals surface area (Å²) in [5.41, 5.74) is 0.843. The number of hydrogen-bond acceptors (Lipinski definition) is 4. The van der Waals surface area contributed by atoms with Crippen LogP contribution in [0.2, 0.25) is 0 Å². The van der Waals surface area contributed by atoms with Gasteiger partial charge in [0.15, 0.2) is 0 Å². The third kappa shape index (κ3) is 2.62. The third-order valence-corrected chi connectivity index (χ3v) is 4.59. The molecular formula is C13H17BBrNO4. The van der Waals surface area contributed by atoms with Crippen LogP contribution in [0.5, 0.6) is 0 Å². The number of benzene rings is 1. The van der Waals surface area contributed by atoms with Crippen LogP contribution in [0.3, 0.4) is 0 Å². The van der Waals surface area contributed by atoms with Crippen molar-refractivity contribution in [2.45, 2.75) is 44.2 Å². The zero-order valence-electron chi connectivity index (χ0n) is 12.0. The van der Waals surface area contributed by atoms with Crippen molar-refractivity contribution in [2.75, 3.05) is 0 Å². The van der Waals surface area contributed by atoms with Crippen molar-refractivity contribution < 1.29 is 14.2 Å². The van der Waals surface area contributed by atoms with Crippen molar-refractivity contribution in [3.63, 3.8) is 0 Å². The summed E-state index contributed by atoms with van der Waals surface area (Å²) in [6, 6.07) is 4.73. The Balaban J connectivity index is 2.37. The van der Waals surface area contributed by atoms with Gasteiger partial charge in [0.25, 0.3) is 5.69 Å². The minimum absolute atomic E-state index is 0.0692. The lowest BCUT2D eigenvalue weighted by Crippen LogP contribution is -2.41. The fourth-order valence-corrected chi connectivity index (χ4v) is 2.51. The fourth-order valence-electron chi connectivity index (χ4n) is 2.02. The summed E-state index contributed by atoms with van der Waals surface area (Å²) < 4.78 is 12.0. The molecule has 0 saturated carbocycles. The standard InChI is InChI=1S/C13H17BBrNO4/c1-12(2)13(3,4)20-14(19-12)11-6-5-10(16(17)18)7-9(11)8-15/h5-7H,8H2,1-4H3. The second-order valence-electron chi connectivity index (χ2n) is 5.86. The lowest BCUT2D eigenvalue weighted by Gasteiger charge is -2.32. The maximum absolute atomic E-state index is 10.8. The first-order valence-electron chi connectivity index (χ1n) is 6.37. The summed E-state index contributed by atoms with van der Waals surface area (Å²) in [5.74, 6) is 0. The molecule has 0 N–H and O–H groups in total. The highest BCUT2D eigenvalue weighted by molar-refractivity contribution is 9.08. The average Bonchev–Trinajstić information content (AvgIpc) is 2.57. The lowest BCUT2D eigenvalue weighted by molar-refractivity contribution is -0.384. The van der Waals surface area contributed by atoms with Gasteiger partial charge in [-0.2, -0.15) is 0 Å². The van der Waals surface area contributed by atoms with E-state index in [9.17, 15) is 10.1 Å². The van der Waals surface area contributed by atoms with Crippen LogP contribution in [0.25, 0.3) is 0 Å². The van der Waals surface area contributed by atoms with E-state index in [1.165, 1.54) is 6.07 Å². The van der Waals surface area contributed by atoms with Crippen molar-refractivity contribution in [1.29, 1.82) is 0 Å². The number of nitro groups is 1. The van der Waals surface area contributed by atoms with E-state index in [0.717, 1.165) is 11.0 Å². The molecule has 1 aromatic rings. The van der Waals surface area contributed by atoms with Gasteiger partial charge in [0.2, 0.25) is 0 Å². The van der Waals surface area contributed by atoms with Crippen LogP contribution in [0.4, 0.5) is 5.69 Å². The molecule has 5 nitrogen and oxygen atoms in total. The van der Waals surface area contributed by atoms with E-state index in [4.69, 9.17) is 9.31 Å². The van der Waals surface area contributed by atoms with Crippen LogP contribution in [0.15, 0.2) is 18.2 Å². The van der Waals surface area contributed by atoms with E-state index in [1.54, 1.807) is 12.1 Å². The molecule has 1 fully saturated rings. The first-order chi connectivity index (χ1) is 9.18. The molecule has 0 amide bonds. The van der Waals surface area contributed by atoms with Gasteiger partial charge in [-0.1, -0.05) is 22.0 Å². The van der Waals surface area contributed by atoms with E-state index >= 15 is 0 Å². The summed E-state index contributed by atoms with van der Waals surface area (Å²) in [6.45, 7) is 7.91. The van der Waals surface area contributed by atoms with Gasteiger partial charge < -0.3 is 9.31 Å². The molecular weight excluding hydrogens is 325 g/mol. The first-order valence-corrected chi connectivity index (χ1v) is 7.49. The molecule has 7 heteroatoms. The zero-order chi connectivity index (χ0) is 15.1. The maximum atomic E-state index is 10.8. The number of nitro benzene ring substituents is 1. The second kappa shape index (κ2) is 5.13. The Kier molecular flexibility index (Phi) is 3.97. The van der Waals surface area contributed by atoms with Crippen LogP contribution in [-0.4, -0.2) is 23.2 Å². The van der Waals surface area contributed by atoms with Crippen LogP contribution in [0.1, 0.15) is 33.3 Å². The minimum Gasteiger partial charge on any atom is -0.399 e. The molecule has 0 aromatic heterocycles. The molecule has 0 unspecified atom stereocenters. The molecule has 1 aromatic carbocycles. The second-order valence-corrected chi connectivity index (χ2v) is 6.42. The molecule has 108 valence electrons. The number of rotatable bonds is 3. The number of hydrogen-bond donors (Lipinski definition) is 0. The molecule has 20 heavy (non-hydrogen) atoms. The molecule has 1 saturated heterocycles. The molecule has 0 atom stereocenters. The predicted octanol–water partition coefficient (Wildman–Crippen LogP) is 2.79. The summed E-state index contributed by atoms with van der Waals surface area (Å²) in [7, 11) is -0.506. The van der Waals surface area contributed by atoms with Gasteiger partial charge in [0.05, 0.1) is 16.1 Å². The molecule has 0 spiro atoms. The topological polar surface area (TPSA) is 61.6 Å². The molecule has 0 bridgehead atoms. The lowest BCUT2D eigenvalue weighted by atomic mass is 9.76. The average molecular weight is 342 g/mol. The SMILES string of the molecule is CC1(C)OB(c2ccc([N+](=O)[O-])cc2CBr)OC1(C)C. The van der Waals surface area contributed by atoms with Crippen LogP contribution in [0, 0.1) is 10.1 Å². The van der Waals surface area contributed by atoms with Crippen LogP contribution < -0.4 is 5.46 Å². The Morgan fingerprint density at radius 1 is 1.25 bits per heavy atom. The summed E-state index contributed by atoms with van der Waals surface area (Å²) in [5, 5.41) is 11.3. The van der Waals surface area contributed by atoms with Crippen molar-refractivity contribution in [3.05, 3.63) is 33.9 Å². The fraction of sp³-hybridized carbons (Fsp3) is 0.538. The smallest absolute Gasteiger partial charge is 0.399 e. The highest BCUT2D eigenvalue weighted by Crippen LogP contribution is 2.37. The van der Waals surface area contributed by atoms with E-state index in [2.05, 4.69) is 15.9 Å². The number of halogens is 1. The van der Waals surface area contributed by atoms with E-state index in [-0.39, 0.29) is 5.69 Å². The van der Waals surface area contributed by atoms with Crippen LogP contribution in [-0.2, 0) is 14.6 Å². The Labute approximate surface area is 127 Å². The van der Waals surface area contributed by atoms with Gasteiger partial charge in [0.1, 0.15) is 0 Å². The Bertz CT molecular complexity index is 531. The van der Waals surface area contributed by atoms with E-state index in [0.29, 0.717) is 5.33 Å². The Hall–Kier alpha value is -0.915. The minimum atomic E-state index is -0.506. The number of non-ortho nitro benzene ring substituents is 1. The Morgan fingerprint density at radius 2 is 1.80 bits per heavy atom. The number of alkyl halides is 1. The maximum Gasteiger partial charge on any atom is 0.495 e. The first kappa shape index (κ1) is 15.5. The molecule has 1 aliphatic rings. The number of nitrogens with zero attached hydrogens (tertiary/aromatic N) is 1. The van der Waals surface area contributed by atoms with Crippen molar-refractivity contribution in [2.24, 2.45) is 0 Å². The monoisotopic (exact) mass is 341 g/mol. The van der Waals surface area contributed by atoms with Gasteiger partial charge >= 0.3 is 7.12 Å². The van der Waals surface area contributed by atoms with Crippen molar-refractivity contribution in [3.8, 4) is 0 Å². The summed E-state index contributed by atoms with van der Waals surface area (Å²) in [6.07, 6.45) is 0. The molecule has 1 aliphatic heterocycles. The van der Waals surface area contributed by atoms with Gasteiger partial charge in [-0.3, -0.25) is 10.1 Å². The summed E-state index contributed by atoms with van der Waals surface area (Å²) in [4.78, 5) is 10.4. The van der Waals surface area contributed by atoms with Crippen molar-refractivity contribution in [1.82, 2.24) is 0 Å². The molecule has 1 heterocycles. The quantitative estimate of drug-likeness (QED) is 0.367. The van der Waals surface area contributed by atoms with Gasteiger partial charge in [0, 0.05) is 17.5 Å². The highest BCUT2D eigenvalue weighted by atomic mass is 79.9. The van der Waals surface area contributed by atoms with Gasteiger partial charge in [-0.05, 0) is 38.7 Å². The van der Waals surface area contributed by atoms with Gasteiger partial charge in [-0.25, -0.2) is 0 Å². The molecule has 2 rings (SSSR count). The highest BCUT2D eigenvalue weighted by Gasteiger charge is 2.52. The molecule has 0 radical (unpaired) electrons. The summed E-state index contributed by atoms with van der Waals surface area (Å²) >= 11 is 3.36. The Morgan fingerprint density at radius 3 is 2.25 bits per heavy atom. The molecule has 0 aliphatic carbocycles. The van der Waals surface area contributed by atoms with E-state index < -0.39 is 23.2 Å². The third-order valence-electron chi connectivity index (χ3n) is 3.99. The zero-order valence-corrected chi connectivity index (χ0v) is 13.6.